The van der Waals surface area contributed by atoms with Gasteiger partial charge in [-0.3, -0.25) is 14.2 Å². The lowest BCUT2D eigenvalue weighted by molar-refractivity contribution is -0.118. The largest absolute Gasteiger partial charge is 0.467 e. The lowest BCUT2D eigenvalue weighted by Gasteiger charge is -2.12. The molecular formula is C25H22N4O3S2. The summed E-state index contributed by atoms with van der Waals surface area (Å²) in [6.45, 7) is 2.80. The Hall–Kier alpha value is -3.43. The lowest BCUT2D eigenvalue weighted by Crippen LogP contribution is -2.26. The minimum Gasteiger partial charge on any atom is -0.467 e. The Kier molecular flexibility index (Phi) is 6.46. The van der Waals surface area contributed by atoms with Crippen molar-refractivity contribution in [3.63, 3.8) is 0 Å². The van der Waals surface area contributed by atoms with Crippen LogP contribution in [0.25, 0.3) is 20.4 Å². The van der Waals surface area contributed by atoms with Crippen molar-refractivity contribution < 1.29 is 9.21 Å². The van der Waals surface area contributed by atoms with Gasteiger partial charge in [-0.2, -0.15) is 0 Å². The van der Waals surface area contributed by atoms with Crippen LogP contribution in [0, 0.1) is 0 Å². The molecule has 5 aromatic rings. The molecule has 0 aliphatic heterocycles. The van der Waals surface area contributed by atoms with Gasteiger partial charge < -0.3 is 9.73 Å². The Labute approximate surface area is 203 Å². The number of hydrogen-bond donors (Lipinski definition) is 1. The molecule has 9 heteroatoms. The van der Waals surface area contributed by atoms with Crippen molar-refractivity contribution in [2.45, 2.75) is 31.6 Å². The highest BCUT2D eigenvalue weighted by molar-refractivity contribution is 7.99. The van der Waals surface area contributed by atoms with Crippen molar-refractivity contribution in [1.29, 1.82) is 0 Å². The van der Waals surface area contributed by atoms with E-state index in [2.05, 4.69) is 29.4 Å². The van der Waals surface area contributed by atoms with Crippen LogP contribution in [-0.4, -0.2) is 26.2 Å². The number of aryl methyl sites for hydroxylation is 1. The molecule has 1 N–H and O–H groups in total. The normalized spacial score (nSPS) is 11.3. The van der Waals surface area contributed by atoms with Crippen LogP contribution < -0.4 is 10.9 Å². The van der Waals surface area contributed by atoms with E-state index in [0.717, 1.165) is 22.2 Å². The molecule has 7 nitrogen and oxygen atoms in total. The molecule has 172 valence electrons. The van der Waals surface area contributed by atoms with Gasteiger partial charge in [0.05, 0.1) is 30.6 Å². The maximum absolute atomic E-state index is 13.6. The third kappa shape index (κ3) is 4.62. The van der Waals surface area contributed by atoms with Gasteiger partial charge in [0.25, 0.3) is 5.56 Å². The number of carbonyl (C=O) groups is 1. The lowest BCUT2D eigenvalue weighted by atomic mass is 10.1. The fourth-order valence-electron chi connectivity index (χ4n) is 3.63. The van der Waals surface area contributed by atoms with Crippen molar-refractivity contribution in [3.8, 4) is 0 Å². The number of nitrogens with zero attached hydrogens (tertiary/aromatic N) is 3. The molecule has 0 aliphatic carbocycles. The summed E-state index contributed by atoms with van der Waals surface area (Å²) in [5.41, 5.74) is 2.76. The highest BCUT2D eigenvalue weighted by atomic mass is 32.2. The van der Waals surface area contributed by atoms with Gasteiger partial charge in [-0.15, -0.1) is 11.3 Å². The van der Waals surface area contributed by atoms with Gasteiger partial charge in [0.2, 0.25) is 5.91 Å². The van der Waals surface area contributed by atoms with Crippen LogP contribution >= 0.6 is 23.1 Å². The number of pyridine rings is 1. The molecule has 1 aromatic carbocycles. The number of benzene rings is 1. The zero-order valence-corrected chi connectivity index (χ0v) is 20.1. The molecule has 34 heavy (non-hydrogen) atoms. The van der Waals surface area contributed by atoms with E-state index in [1.165, 1.54) is 28.7 Å². The van der Waals surface area contributed by atoms with Gasteiger partial charge >= 0.3 is 0 Å². The van der Waals surface area contributed by atoms with Gasteiger partial charge in [-0.1, -0.05) is 43.0 Å². The Morgan fingerprint density at radius 2 is 1.97 bits per heavy atom. The second-order valence-electron chi connectivity index (χ2n) is 7.74. The number of furan rings is 1. The zero-order chi connectivity index (χ0) is 23.5. The standard InChI is InChI=1S/C25H22N4O3S2/c1-2-16-7-9-17(10-8-16)14-29-24(31)22-21(19-6-3-11-26-23(19)34-22)28-25(29)33-15-20(30)27-13-18-5-4-12-32-18/h3-12H,2,13-15H2,1H3,(H,27,30). The molecule has 0 bridgehead atoms. The number of amides is 1. The van der Waals surface area contributed by atoms with Crippen molar-refractivity contribution >= 4 is 49.4 Å². The van der Waals surface area contributed by atoms with Crippen molar-refractivity contribution in [1.82, 2.24) is 19.9 Å². The first-order valence-corrected chi connectivity index (χ1v) is 12.7. The molecule has 0 atom stereocenters. The number of aromatic nitrogens is 3. The molecule has 0 fully saturated rings. The van der Waals surface area contributed by atoms with E-state index in [0.29, 0.717) is 34.2 Å². The molecular weight excluding hydrogens is 468 g/mol. The number of carbonyl (C=O) groups excluding carboxylic acids is 1. The Morgan fingerprint density at radius 1 is 1.15 bits per heavy atom. The van der Waals surface area contributed by atoms with Gasteiger partial charge in [-0.05, 0) is 41.8 Å². The molecule has 4 aromatic heterocycles. The Balaban J connectivity index is 1.47. The van der Waals surface area contributed by atoms with E-state index in [-0.39, 0.29) is 17.2 Å². The van der Waals surface area contributed by atoms with Crippen LogP contribution in [0.3, 0.4) is 0 Å². The van der Waals surface area contributed by atoms with Crippen LogP contribution in [0.2, 0.25) is 0 Å². The van der Waals surface area contributed by atoms with E-state index in [1.54, 1.807) is 29.2 Å². The van der Waals surface area contributed by atoms with E-state index in [9.17, 15) is 9.59 Å². The van der Waals surface area contributed by atoms with Crippen molar-refractivity contribution in [3.05, 3.63) is 88.2 Å². The maximum atomic E-state index is 13.6. The quantitative estimate of drug-likeness (QED) is 0.252. The first-order valence-electron chi connectivity index (χ1n) is 10.9. The summed E-state index contributed by atoms with van der Waals surface area (Å²) in [6, 6.07) is 15.6. The van der Waals surface area contributed by atoms with Gasteiger partial charge in [-0.25, -0.2) is 9.97 Å². The zero-order valence-electron chi connectivity index (χ0n) is 18.5. The smallest absolute Gasteiger partial charge is 0.272 e. The minimum atomic E-state index is -0.161. The van der Waals surface area contributed by atoms with Crippen LogP contribution in [0.1, 0.15) is 23.8 Å². The molecule has 1 amide bonds. The molecule has 0 radical (unpaired) electrons. The van der Waals surface area contributed by atoms with Crippen LogP contribution in [0.15, 0.2) is 75.4 Å². The van der Waals surface area contributed by atoms with Gasteiger partial charge in [0.15, 0.2) is 5.16 Å². The molecule has 0 aliphatic rings. The molecule has 0 saturated carbocycles. The third-order valence-electron chi connectivity index (χ3n) is 5.46. The summed E-state index contributed by atoms with van der Waals surface area (Å²) in [5.74, 6) is 0.655. The molecule has 5 rings (SSSR count). The van der Waals surface area contributed by atoms with Crippen molar-refractivity contribution in [2.24, 2.45) is 0 Å². The molecule has 0 spiro atoms. The highest BCUT2D eigenvalue weighted by Crippen LogP contribution is 2.30. The molecule has 0 unspecified atom stereocenters. The van der Waals surface area contributed by atoms with Crippen molar-refractivity contribution in [2.75, 3.05) is 5.75 Å². The predicted octanol–water partition coefficient (Wildman–Crippen LogP) is 4.62. The van der Waals surface area contributed by atoms with Gasteiger partial charge in [0.1, 0.15) is 15.3 Å². The SMILES string of the molecule is CCc1ccc(Cn2c(SCC(=O)NCc3ccco3)nc3c(sc4ncccc43)c2=O)cc1. The second-order valence-corrected chi connectivity index (χ2v) is 9.68. The topological polar surface area (TPSA) is 90.0 Å². The summed E-state index contributed by atoms with van der Waals surface area (Å²) in [7, 11) is 0. The second kappa shape index (κ2) is 9.82. The fraction of sp³-hybridized carbons (Fsp3) is 0.200. The summed E-state index contributed by atoms with van der Waals surface area (Å²) < 4.78 is 7.49. The average molecular weight is 491 g/mol. The summed E-state index contributed by atoms with van der Waals surface area (Å²) >= 11 is 2.61. The maximum Gasteiger partial charge on any atom is 0.272 e. The first kappa shape index (κ1) is 22.4. The number of hydrogen-bond acceptors (Lipinski definition) is 7. The number of thiophene rings is 1. The predicted molar refractivity (Wildman–Crippen MR) is 135 cm³/mol. The number of thioether (sulfide) groups is 1. The van der Waals surface area contributed by atoms with Crippen LogP contribution in [0.5, 0.6) is 0 Å². The van der Waals surface area contributed by atoms with Crippen LogP contribution in [-0.2, 0) is 24.3 Å². The van der Waals surface area contributed by atoms with E-state index >= 15 is 0 Å². The van der Waals surface area contributed by atoms with Crippen LogP contribution in [0.4, 0.5) is 0 Å². The Morgan fingerprint density at radius 3 is 2.74 bits per heavy atom. The highest BCUT2D eigenvalue weighted by Gasteiger charge is 2.18. The summed E-state index contributed by atoms with van der Waals surface area (Å²) in [6.07, 6.45) is 4.24. The first-order chi connectivity index (χ1) is 16.6. The van der Waals surface area contributed by atoms with E-state index < -0.39 is 0 Å². The minimum absolute atomic E-state index is 0.119. The fourth-order valence-corrected chi connectivity index (χ4v) is 5.49. The van der Waals surface area contributed by atoms with E-state index in [1.807, 2.05) is 24.3 Å². The molecule has 0 saturated heterocycles. The third-order valence-corrected chi connectivity index (χ3v) is 7.53. The monoisotopic (exact) mass is 490 g/mol. The summed E-state index contributed by atoms with van der Waals surface area (Å²) in [4.78, 5) is 36.0. The number of rotatable bonds is 8. The molecule has 4 heterocycles. The number of nitrogens with one attached hydrogen (secondary N) is 1. The number of fused-ring (bicyclic) bond motifs is 3. The van der Waals surface area contributed by atoms with E-state index in [4.69, 9.17) is 9.40 Å². The average Bonchev–Trinajstić information content (AvgIpc) is 3.52. The summed E-state index contributed by atoms with van der Waals surface area (Å²) in [5, 5.41) is 4.20. The Bertz CT molecular complexity index is 1510. The van der Waals surface area contributed by atoms with Gasteiger partial charge in [0, 0.05) is 11.6 Å².